The van der Waals surface area contributed by atoms with Crippen LogP contribution >= 0.6 is 0 Å². The van der Waals surface area contributed by atoms with Gasteiger partial charge < -0.3 is 21.3 Å². The van der Waals surface area contributed by atoms with Crippen molar-refractivity contribution < 1.29 is 19.8 Å². The Morgan fingerprint density at radius 3 is 2.38 bits per heavy atom. The number of hydrogen-bond acceptors (Lipinski definition) is 4. The quantitative estimate of drug-likeness (QED) is 0.470. The summed E-state index contributed by atoms with van der Waals surface area (Å²) >= 11 is 0. The van der Waals surface area contributed by atoms with E-state index in [1.807, 2.05) is 6.92 Å². The maximum atomic E-state index is 11.5. The SMILES string of the molecule is CCCCC(N)C(=O)NC(C(=O)O)C(C)O. The summed E-state index contributed by atoms with van der Waals surface area (Å²) in [6.45, 7) is 3.27. The van der Waals surface area contributed by atoms with Crippen molar-refractivity contribution in [1.82, 2.24) is 5.32 Å². The van der Waals surface area contributed by atoms with Gasteiger partial charge >= 0.3 is 5.97 Å². The number of aliphatic hydroxyl groups is 1. The smallest absolute Gasteiger partial charge is 0.328 e. The van der Waals surface area contributed by atoms with Crippen LogP contribution in [-0.4, -0.2) is 40.3 Å². The van der Waals surface area contributed by atoms with Crippen LogP contribution in [0.1, 0.15) is 33.1 Å². The average molecular weight is 232 g/mol. The number of carboxylic acid groups (broad SMARTS) is 1. The van der Waals surface area contributed by atoms with E-state index >= 15 is 0 Å². The largest absolute Gasteiger partial charge is 0.480 e. The fourth-order valence-electron chi connectivity index (χ4n) is 1.20. The van der Waals surface area contributed by atoms with Crippen molar-refractivity contribution in [3.8, 4) is 0 Å². The molecule has 0 aliphatic heterocycles. The average Bonchev–Trinajstić information content (AvgIpc) is 2.20. The molecular formula is C10H20N2O4. The van der Waals surface area contributed by atoms with Crippen LogP contribution in [0.5, 0.6) is 0 Å². The molecule has 5 N–H and O–H groups in total. The molecule has 6 nitrogen and oxygen atoms in total. The van der Waals surface area contributed by atoms with Gasteiger partial charge in [0.2, 0.25) is 5.91 Å². The van der Waals surface area contributed by atoms with E-state index in [4.69, 9.17) is 15.9 Å². The van der Waals surface area contributed by atoms with Crippen LogP contribution < -0.4 is 11.1 Å². The molecule has 0 radical (unpaired) electrons. The van der Waals surface area contributed by atoms with Gasteiger partial charge in [-0.25, -0.2) is 4.79 Å². The first kappa shape index (κ1) is 14.9. The Kier molecular flexibility index (Phi) is 6.67. The highest BCUT2D eigenvalue weighted by molar-refractivity contribution is 5.87. The molecule has 0 aliphatic rings. The number of carbonyl (C=O) groups is 2. The summed E-state index contributed by atoms with van der Waals surface area (Å²) in [5, 5.41) is 20.1. The highest BCUT2D eigenvalue weighted by atomic mass is 16.4. The summed E-state index contributed by atoms with van der Waals surface area (Å²) in [6, 6.07) is -2.03. The van der Waals surface area contributed by atoms with E-state index in [0.29, 0.717) is 6.42 Å². The van der Waals surface area contributed by atoms with E-state index in [1.54, 1.807) is 0 Å². The Morgan fingerprint density at radius 2 is 2.00 bits per heavy atom. The summed E-state index contributed by atoms with van der Waals surface area (Å²) < 4.78 is 0. The van der Waals surface area contributed by atoms with Crippen molar-refractivity contribution in [3.63, 3.8) is 0 Å². The fraction of sp³-hybridized carbons (Fsp3) is 0.800. The van der Waals surface area contributed by atoms with Gasteiger partial charge in [0.25, 0.3) is 0 Å². The molecule has 0 aromatic rings. The summed E-state index contributed by atoms with van der Waals surface area (Å²) in [4.78, 5) is 22.2. The van der Waals surface area contributed by atoms with Gasteiger partial charge in [-0.15, -0.1) is 0 Å². The first-order valence-corrected chi connectivity index (χ1v) is 5.37. The van der Waals surface area contributed by atoms with Crippen molar-refractivity contribution in [2.75, 3.05) is 0 Å². The van der Waals surface area contributed by atoms with Gasteiger partial charge in [0, 0.05) is 0 Å². The van der Waals surface area contributed by atoms with Crippen molar-refractivity contribution in [2.24, 2.45) is 5.73 Å². The van der Waals surface area contributed by atoms with Gasteiger partial charge in [-0.2, -0.15) is 0 Å². The predicted octanol–water partition coefficient (Wildman–Crippen LogP) is -0.546. The van der Waals surface area contributed by atoms with Crippen LogP contribution in [0.25, 0.3) is 0 Å². The van der Waals surface area contributed by atoms with Crippen LogP contribution in [0.3, 0.4) is 0 Å². The number of hydrogen-bond donors (Lipinski definition) is 4. The van der Waals surface area contributed by atoms with Crippen LogP contribution in [-0.2, 0) is 9.59 Å². The van der Waals surface area contributed by atoms with Gasteiger partial charge in [-0.1, -0.05) is 19.8 Å². The zero-order valence-electron chi connectivity index (χ0n) is 9.64. The normalized spacial score (nSPS) is 16.2. The van der Waals surface area contributed by atoms with Crippen molar-refractivity contribution in [2.45, 2.75) is 51.3 Å². The minimum atomic E-state index is -1.31. The third kappa shape index (κ3) is 5.09. The molecule has 0 aromatic carbocycles. The van der Waals surface area contributed by atoms with E-state index < -0.39 is 30.1 Å². The highest BCUT2D eigenvalue weighted by Gasteiger charge is 2.26. The van der Waals surface area contributed by atoms with E-state index in [0.717, 1.165) is 12.8 Å². The second-order valence-electron chi connectivity index (χ2n) is 3.81. The molecule has 0 saturated heterocycles. The first-order valence-electron chi connectivity index (χ1n) is 5.37. The molecule has 0 aliphatic carbocycles. The molecule has 0 heterocycles. The second kappa shape index (κ2) is 7.19. The van der Waals surface area contributed by atoms with E-state index in [1.165, 1.54) is 6.92 Å². The van der Waals surface area contributed by atoms with Gasteiger partial charge in [-0.05, 0) is 13.3 Å². The van der Waals surface area contributed by atoms with Crippen molar-refractivity contribution in [1.29, 1.82) is 0 Å². The van der Waals surface area contributed by atoms with E-state index in [2.05, 4.69) is 5.32 Å². The Hall–Kier alpha value is -1.14. The maximum Gasteiger partial charge on any atom is 0.328 e. The third-order valence-corrected chi connectivity index (χ3v) is 2.25. The second-order valence-corrected chi connectivity index (χ2v) is 3.81. The summed E-state index contributed by atoms with van der Waals surface area (Å²) in [5.41, 5.74) is 5.57. The Bertz CT molecular complexity index is 243. The predicted molar refractivity (Wildman–Crippen MR) is 58.7 cm³/mol. The molecular weight excluding hydrogens is 212 g/mol. The molecule has 1 amide bonds. The van der Waals surface area contributed by atoms with Gasteiger partial charge in [-0.3, -0.25) is 4.79 Å². The summed E-state index contributed by atoms with van der Waals surface area (Å²) in [6.07, 6.45) is 1.08. The number of aliphatic carboxylic acids is 1. The molecule has 0 spiro atoms. The lowest BCUT2D eigenvalue weighted by atomic mass is 10.1. The molecule has 0 saturated carbocycles. The molecule has 0 fully saturated rings. The lowest BCUT2D eigenvalue weighted by molar-refractivity contribution is -0.145. The van der Waals surface area contributed by atoms with E-state index in [9.17, 15) is 9.59 Å². The first-order chi connectivity index (χ1) is 7.40. The number of amides is 1. The molecule has 0 bridgehead atoms. The van der Waals surface area contributed by atoms with Crippen LogP contribution in [0.4, 0.5) is 0 Å². The maximum absolute atomic E-state index is 11.5. The fourth-order valence-corrected chi connectivity index (χ4v) is 1.20. The lowest BCUT2D eigenvalue weighted by Crippen LogP contribution is -2.52. The van der Waals surface area contributed by atoms with Gasteiger partial charge in [0.05, 0.1) is 12.1 Å². The van der Waals surface area contributed by atoms with Crippen molar-refractivity contribution >= 4 is 11.9 Å². The summed E-state index contributed by atoms with van der Waals surface area (Å²) in [7, 11) is 0. The molecule has 16 heavy (non-hydrogen) atoms. The van der Waals surface area contributed by atoms with Crippen LogP contribution in [0.15, 0.2) is 0 Å². The van der Waals surface area contributed by atoms with Gasteiger partial charge in [0.15, 0.2) is 6.04 Å². The number of rotatable bonds is 7. The van der Waals surface area contributed by atoms with Crippen LogP contribution in [0.2, 0.25) is 0 Å². The highest BCUT2D eigenvalue weighted by Crippen LogP contribution is 2.00. The van der Waals surface area contributed by atoms with Crippen LogP contribution in [0, 0.1) is 0 Å². The standard InChI is InChI=1S/C10H20N2O4/c1-3-4-5-7(11)9(14)12-8(6(2)13)10(15)16/h6-8,13H,3-5,11H2,1-2H3,(H,12,14)(H,15,16). The summed E-state index contributed by atoms with van der Waals surface area (Å²) in [5.74, 6) is -1.81. The minimum Gasteiger partial charge on any atom is -0.480 e. The van der Waals surface area contributed by atoms with Crippen molar-refractivity contribution in [3.05, 3.63) is 0 Å². The van der Waals surface area contributed by atoms with E-state index in [-0.39, 0.29) is 0 Å². The third-order valence-electron chi connectivity index (χ3n) is 2.25. The molecule has 0 rings (SSSR count). The van der Waals surface area contributed by atoms with Gasteiger partial charge in [0.1, 0.15) is 0 Å². The molecule has 0 aromatic heterocycles. The zero-order valence-corrected chi connectivity index (χ0v) is 9.64. The number of carboxylic acids is 1. The Labute approximate surface area is 94.8 Å². The number of aliphatic hydroxyl groups excluding tert-OH is 1. The number of unbranched alkanes of at least 4 members (excludes halogenated alkanes) is 1. The monoisotopic (exact) mass is 232 g/mol. The molecule has 3 unspecified atom stereocenters. The number of nitrogens with one attached hydrogen (secondary N) is 1. The Morgan fingerprint density at radius 1 is 1.44 bits per heavy atom. The number of nitrogens with two attached hydrogens (primary N) is 1. The minimum absolute atomic E-state index is 0.508. The number of carbonyl (C=O) groups excluding carboxylic acids is 1. The Balaban J connectivity index is 4.24. The molecule has 3 atom stereocenters. The zero-order chi connectivity index (χ0) is 12.7. The topological polar surface area (TPSA) is 113 Å². The lowest BCUT2D eigenvalue weighted by Gasteiger charge is -2.19. The molecule has 94 valence electrons. The molecule has 6 heteroatoms.